The Hall–Kier alpha value is -0.940. The standard InChI is InChI=1S/C9H13ClFN3O/c1-14(2)4-3-5-15-8-7(11)6-12-9(10)13-8/h6H,3-5H2,1-2H3. The zero-order chi connectivity index (χ0) is 11.3. The molecule has 4 nitrogen and oxygen atoms in total. The minimum atomic E-state index is -0.593. The third kappa shape index (κ3) is 4.40. The minimum Gasteiger partial charge on any atom is -0.475 e. The lowest BCUT2D eigenvalue weighted by atomic mass is 10.4. The molecule has 0 unspecified atom stereocenters. The van der Waals surface area contributed by atoms with Crippen LogP contribution < -0.4 is 4.74 Å². The van der Waals surface area contributed by atoms with Crippen molar-refractivity contribution < 1.29 is 9.13 Å². The first-order valence-electron chi connectivity index (χ1n) is 4.55. The molecule has 0 spiro atoms. The molecule has 0 aliphatic heterocycles. The Bertz CT molecular complexity index is 322. The van der Waals surface area contributed by atoms with Crippen molar-refractivity contribution in [3.8, 4) is 5.88 Å². The van der Waals surface area contributed by atoms with Crippen LogP contribution in [0.3, 0.4) is 0 Å². The van der Waals surface area contributed by atoms with Crippen LogP contribution in [-0.4, -0.2) is 42.1 Å². The number of hydrogen-bond donors (Lipinski definition) is 0. The quantitative estimate of drug-likeness (QED) is 0.572. The van der Waals surface area contributed by atoms with E-state index in [9.17, 15) is 4.39 Å². The molecule has 1 heterocycles. The van der Waals surface area contributed by atoms with E-state index < -0.39 is 5.82 Å². The van der Waals surface area contributed by atoms with E-state index in [1.807, 2.05) is 19.0 Å². The van der Waals surface area contributed by atoms with E-state index in [-0.39, 0.29) is 11.2 Å². The molecule has 15 heavy (non-hydrogen) atoms. The Balaban J connectivity index is 2.40. The highest BCUT2D eigenvalue weighted by Crippen LogP contribution is 2.14. The number of hydrogen-bond acceptors (Lipinski definition) is 4. The van der Waals surface area contributed by atoms with Crippen molar-refractivity contribution in [1.29, 1.82) is 0 Å². The lowest BCUT2D eigenvalue weighted by Gasteiger charge is -2.09. The zero-order valence-electron chi connectivity index (χ0n) is 8.70. The van der Waals surface area contributed by atoms with Gasteiger partial charge < -0.3 is 9.64 Å². The highest BCUT2D eigenvalue weighted by atomic mass is 35.5. The highest BCUT2D eigenvalue weighted by Gasteiger charge is 2.06. The fraction of sp³-hybridized carbons (Fsp3) is 0.556. The van der Waals surface area contributed by atoms with Crippen LogP contribution >= 0.6 is 11.6 Å². The Morgan fingerprint density at radius 2 is 2.27 bits per heavy atom. The molecule has 0 amide bonds. The Morgan fingerprint density at radius 1 is 1.53 bits per heavy atom. The molecule has 0 saturated carbocycles. The third-order valence-electron chi connectivity index (χ3n) is 1.67. The second kappa shape index (κ2) is 5.82. The summed E-state index contributed by atoms with van der Waals surface area (Å²) in [7, 11) is 3.92. The van der Waals surface area contributed by atoms with Crippen LogP contribution in [0.4, 0.5) is 4.39 Å². The molecule has 0 aromatic carbocycles. The van der Waals surface area contributed by atoms with Crippen LogP contribution in [0.2, 0.25) is 5.28 Å². The largest absolute Gasteiger partial charge is 0.475 e. The summed E-state index contributed by atoms with van der Waals surface area (Å²) in [6.07, 6.45) is 1.80. The van der Waals surface area contributed by atoms with Crippen molar-refractivity contribution in [3.63, 3.8) is 0 Å². The lowest BCUT2D eigenvalue weighted by molar-refractivity contribution is 0.261. The fourth-order valence-electron chi connectivity index (χ4n) is 0.982. The van der Waals surface area contributed by atoms with E-state index in [0.717, 1.165) is 19.2 Å². The maximum Gasteiger partial charge on any atom is 0.254 e. The number of rotatable bonds is 5. The summed E-state index contributed by atoms with van der Waals surface area (Å²) in [5, 5.41) is -0.0148. The molecular weight excluding hydrogens is 221 g/mol. The molecular formula is C9H13ClFN3O. The van der Waals surface area contributed by atoms with Crippen LogP contribution in [0.15, 0.2) is 6.20 Å². The van der Waals surface area contributed by atoms with E-state index in [0.29, 0.717) is 6.61 Å². The van der Waals surface area contributed by atoms with Gasteiger partial charge in [-0.3, -0.25) is 0 Å². The normalized spacial score (nSPS) is 10.7. The van der Waals surface area contributed by atoms with Crippen molar-refractivity contribution in [2.75, 3.05) is 27.2 Å². The van der Waals surface area contributed by atoms with Gasteiger partial charge in [-0.25, -0.2) is 4.98 Å². The molecule has 0 bridgehead atoms. The molecule has 0 aliphatic rings. The number of ether oxygens (including phenoxy) is 1. The van der Waals surface area contributed by atoms with Crippen LogP contribution in [0.5, 0.6) is 5.88 Å². The molecule has 0 saturated heterocycles. The molecule has 6 heteroatoms. The second-order valence-corrected chi connectivity index (χ2v) is 3.64. The average molecular weight is 234 g/mol. The lowest BCUT2D eigenvalue weighted by Crippen LogP contribution is -2.16. The first kappa shape index (κ1) is 12.1. The van der Waals surface area contributed by atoms with E-state index in [4.69, 9.17) is 16.3 Å². The molecule has 1 aromatic rings. The third-order valence-corrected chi connectivity index (χ3v) is 1.85. The van der Waals surface area contributed by atoms with Gasteiger partial charge in [-0.2, -0.15) is 9.37 Å². The maximum absolute atomic E-state index is 13.0. The summed E-state index contributed by atoms with van der Waals surface area (Å²) in [5.74, 6) is -0.682. The predicted octanol–water partition coefficient (Wildman–Crippen LogP) is 1.60. The summed E-state index contributed by atoms with van der Waals surface area (Å²) in [5.41, 5.74) is 0. The van der Waals surface area contributed by atoms with Crippen molar-refractivity contribution in [2.45, 2.75) is 6.42 Å². The van der Waals surface area contributed by atoms with Crippen LogP contribution in [0.25, 0.3) is 0 Å². The van der Waals surface area contributed by atoms with Gasteiger partial charge in [-0.05, 0) is 32.1 Å². The number of halogens is 2. The number of nitrogens with zero attached hydrogens (tertiary/aromatic N) is 3. The smallest absolute Gasteiger partial charge is 0.254 e. The molecule has 0 radical (unpaired) electrons. The summed E-state index contributed by atoms with van der Waals surface area (Å²) in [6.45, 7) is 1.28. The van der Waals surface area contributed by atoms with E-state index in [1.165, 1.54) is 0 Å². The fourth-order valence-corrected chi connectivity index (χ4v) is 1.11. The maximum atomic E-state index is 13.0. The minimum absolute atomic E-state index is 0.0148. The summed E-state index contributed by atoms with van der Waals surface area (Å²) in [4.78, 5) is 9.14. The van der Waals surface area contributed by atoms with Gasteiger partial charge in [0.2, 0.25) is 11.1 Å². The zero-order valence-corrected chi connectivity index (χ0v) is 9.46. The van der Waals surface area contributed by atoms with Crippen molar-refractivity contribution in [3.05, 3.63) is 17.3 Å². The van der Waals surface area contributed by atoms with Crippen molar-refractivity contribution in [1.82, 2.24) is 14.9 Å². The van der Waals surface area contributed by atoms with E-state index in [1.54, 1.807) is 0 Å². The van der Waals surface area contributed by atoms with Gasteiger partial charge in [0.05, 0.1) is 12.8 Å². The molecule has 0 aliphatic carbocycles. The van der Waals surface area contributed by atoms with Gasteiger partial charge in [0.25, 0.3) is 5.88 Å². The second-order valence-electron chi connectivity index (χ2n) is 3.30. The Morgan fingerprint density at radius 3 is 2.93 bits per heavy atom. The van der Waals surface area contributed by atoms with Crippen LogP contribution in [0, 0.1) is 5.82 Å². The van der Waals surface area contributed by atoms with Gasteiger partial charge in [-0.1, -0.05) is 0 Å². The highest BCUT2D eigenvalue weighted by molar-refractivity contribution is 6.28. The molecule has 84 valence electrons. The van der Waals surface area contributed by atoms with Gasteiger partial charge in [0, 0.05) is 6.54 Å². The van der Waals surface area contributed by atoms with Gasteiger partial charge in [-0.15, -0.1) is 0 Å². The van der Waals surface area contributed by atoms with Crippen LogP contribution in [-0.2, 0) is 0 Å². The Kier molecular flexibility index (Phi) is 4.71. The van der Waals surface area contributed by atoms with Gasteiger partial charge in [0.1, 0.15) is 0 Å². The number of aromatic nitrogens is 2. The van der Waals surface area contributed by atoms with Gasteiger partial charge in [0.15, 0.2) is 0 Å². The summed E-state index contributed by atoms with van der Waals surface area (Å²) < 4.78 is 18.2. The monoisotopic (exact) mass is 233 g/mol. The van der Waals surface area contributed by atoms with E-state index in [2.05, 4.69) is 9.97 Å². The first-order chi connectivity index (χ1) is 7.09. The molecule has 0 atom stereocenters. The summed E-state index contributed by atoms with van der Waals surface area (Å²) in [6, 6.07) is 0. The first-order valence-corrected chi connectivity index (χ1v) is 4.93. The summed E-state index contributed by atoms with van der Waals surface area (Å²) >= 11 is 5.50. The SMILES string of the molecule is CN(C)CCCOc1nc(Cl)ncc1F. The van der Waals surface area contributed by atoms with Gasteiger partial charge >= 0.3 is 0 Å². The Labute approximate surface area is 93.0 Å². The molecule has 0 N–H and O–H groups in total. The van der Waals surface area contributed by atoms with Crippen LogP contribution in [0.1, 0.15) is 6.42 Å². The molecule has 0 fully saturated rings. The van der Waals surface area contributed by atoms with Crippen molar-refractivity contribution >= 4 is 11.6 Å². The molecule has 1 rings (SSSR count). The van der Waals surface area contributed by atoms with Crippen molar-refractivity contribution in [2.24, 2.45) is 0 Å². The average Bonchev–Trinajstić information content (AvgIpc) is 2.17. The van der Waals surface area contributed by atoms with E-state index >= 15 is 0 Å². The predicted molar refractivity (Wildman–Crippen MR) is 55.7 cm³/mol. The topological polar surface area (TPSA) is 38.2 Å². The molecule has 1 aromatic heterocycles.